The number of hydrogen-bond donors (Lipinski definition) is 1. The second-order valence-electron chi connectivity index (χ2n) is 1.97. The molecule has 0 bridgehead atoms. The van der Waals surface area contributed by atoms with Crippen molar-refractivity contribution in [3.05, 3.63) is 27.1 Å². The molecule has 0 aliphatic heterocycles. The van der Waals surface area contributed by atoms with Gasteiger partial charge in [0.2, 0.25) is 0 Å². The van der Waals surface area contributed by atoms with Crippen LogP contribution in [0, 0.1) is 10.1 Å². The minimum atomic E-state index is -0.425. The molecule has 0 unspecified atom stereocenters. The van der Waals surface area contributed by atoms with Crippen LogP contribution in [0.5, 0.6) is 0 Å². The molecule has 5 heteroatoms. The quantitative estimate of drug-likeness (QED) is 0.551. The van der Waals surface area contributed by atoms with Crippen molar-refractivity contribution in [2.75, 3.05) is 6.61 Å². The van der Waals surface area contributed by atoms with Gasteiger partial charge in [0.25, 0.3) is 0 Å². The molecule has 0 aliphatic carbocycles. The predicted molar refractivity (Wildman–Crippen MR) is 41.8 cm³/mol. The molecule has 0 saturated heterocycles. The van der Waals surface area contributed by atoms with E-state index >= 15 is 0 Å². The smallest absolute Gasteiger partial charge is 0.324 e. The van der Waals surface area contributed by atoms with Crippen LogP contribution in [0.1, 0.15) is 4.88 Å². The van der Waals surface area contributed by atoms with E-state index in [1.807, 2.05) is 0 Å². The maximum Gasteiger partial charge on any atom is 0.324 e. The van der Waals surface area contributed by atoms with Gasteiger partial charge in [-0.25, -0.2) is 0 Å². The summed E-state index contributed by atoms with van der Waals surface area (Å²) in [6, 6.07) is 3.12. The van der Waals surface area contributed by atoms with Gasteiger partial charge in [-0.2, -0.15) is 0 Å². The van der Waals surface area contributed by atoms with Crippen LogP contribution < -0.4 is 0 Å². The Labute approximate surface area is 67.2 Å². The summed E-state index contributed by atoms with van der Waals surface area (Å²) in [5.74, 6) is 0. The number of rotatable bonds is 3. The lowest BCUT2D eigenvalue weighted by molar-refractivity contribution is -0.380. The molecule has 1 aromatic heterocycles. The Hall–Kier alpha value is -0.940. The van der Waals surface area contributed by atoms with Crippen LogP contribution in [-0.2, 0) is 6.42 Å². The molecule has 1 rings (SSSR count). The number of aliphatic hydroxyl groups excluding tert-OH is 1. The molecule has 0 fully saturated rings. The monoisotopic (exact) mass is 173 g/mol. The lowest BCUT2D eigenvalue weighted by Crippen LogP contribution is -1.84. The number of nitro groups is 1. The SMILES string of the molecule is O=[N+]([O-])c1ccc(CCO)s1. The van der Waals surface area contributed by atoms with Crippen LogP contribution in [0.25, 0.3) is 0 Å². The molecule has 0 saturated carbocycles. The summed E-state index contributed by atoms with van der Waals surface area (Å²) in [6.45, 7) is 0.0394. The standard InChI is InChI=1S/C6H7NO3S/c8-4-3-5-1-2-6(11-5)7(9)10/h1-2,8H,3-4H2. The van der Waals surface area contributed by atoms with Gasteiger partial charge >= 0.3 is 5.00 Å². The zero-order valence-electron chi connectivity index (χ0n) is 5.69. The third kappa shape index (κ3) is 1.99. The second-order valence-corrected chi connectivity index (χ2v) is 3.12. The van der Waals surface area contributed by atoms with Crippen LogP contribution in [0.4, 0.5) is 5.00 Å². The highest BCUT2D eigenvalue weighted by atomic mass is 32.1. The number of thiophene rings is 1. The highest BCUT2D eigenvalue weighted by Gasteiger charge is 2.08. The Morgan fingerprint density at radius 1 is 1.64 bits per heavy atom. The van der Waals surface area contributed by atoms with E-state index < -0.39 is 4.92 Å². The van der Waals surface area contributed by atoms with Crippen LogP contribution in [0.15, 0.2) is 12.1 Å². The Morgan fingerprint density at radius 2 is 2.36 bits per heavy atom. The molecule has 11 heavy (non-hydrogen) atoms. The molecule has 1 N–H and O–H groups in total. The summed E-state index contributed by atoms with van der Waals surface area (Å²) in [5, 5.41) is 18.8. The summed E-state index contributed by atoms with van der Waals surface area (Å²) < 4.78 is 0. The van der Waals surface area contributed by atoms with E-state index in [0.717, 1.165) is 16.2 Å². The zero-order chi connectivity index (χ0) is 8.27. The molecule has 1 aromatic rings. The van der Waals surface area contributed by atoms with E-state index in [-0.39, 0.29) is 11.6 Å². The number of hydrogen-bond acceptors (Lipinski definition) is 4. The van der Waals surface area contributed by atoms with E-state index in [1.165, 1.54) is 6.07 Å². The van der Waals surface area contributed by atoms with Crippen molar-refractivity contribution in [1.29, 1.82) is 0 Å². The number of nitrogens with zero attached hydrogens (tertiary/aromatic N) is 1. The van der Waals surface area contributed by atoms with Crippen molar-refractivity contribution in [2.24, 2.45) is 0 Å². The van der Waals surface area contributed by atoms with Gasteiger partial charge in [0.05, 0.1) is 4.92 Å². The largest absolute Gasteiger partial charge is 0.396 e. The summed E-state index contributed by atoms with van der Waals surface area (Å²) in [4.78, 5) is 10.6. The maximum absolute atomic E-state index is 10.2. The summed E-state index contributed by atoms with van der Waals surface area (Å²) in [6.07, 6.45) is 0.499. The van der Waals surface area contributed by atoms with Gasteiger partial charge in [-0.3, -0.25) is 10.1 Å². The lowest BCUT2D eigenvalue weighted by Gasteiger charge is -1.86. The Balaban J connectivity index is 2.73. The first-order valence-electron chi connectivity index (χ1n) is 3.08. The maximum atomic E-state index is 10.2. The van der Waals surface area contributed by atoms with E-state index in [4.69, 9.17) is 5.11 Å². The van der Waals surface area contributed by atoms with Crippen LogP contribution in [0.3, 0.4) is 0 Å². The molecule has 0 amide bonds. The Morgan fingerprint density at radius 3 is 2.82 bits per heavy atom. The third-order valence-corrected chi connectivity index (χ3v) is 2.28. The molecule has 0 aromatic carbocycles. The van der Waals surface area contributed by atoms with E-state index in [1.54, 1.807) is 6.07 Å². The first-order valence-corrected chi connectivity index (χ1v) is 3.89. The van der Waals surface area contributed by atoms with E-state index in [0.29, 0.717) is 6.42 Å². The minimum absolute atomic E-state index is 0.0394. The van der Waals surface area contributed by atoms with Crippen molar-refractivity contribution >= 4 is 16.3 Å². The van der Waals surface area contributed by atoms with Crippen LogP contribution in [0.2, 0.25) is 0 Å². The molecule has 1 heterocycles. The Bertz CT molecular complexity index is 258. The van der Waals surface area contributed by atoms with E-state index in [9.17, 15) is 10.1 Å². The fourth-order valence-electron chi connectivity index (χ4n) is 0.709. The van der Waals surface area contributed by atoms with Crippen molar-refractivity contribution in [1.82, 2.24) is 0 Å². The van der Waals surface area contributed by atoms with Gasteiger partial charge in [-0.15, -0.1) is 0 Å². The van der Waals surface area contributed by atoms with Gasteiger partial charge in [-0.05, 0) is 6.07 Å². The molecule has 0 aliphatic rings. The first-order chi connectivity index (χ1) is 5.24. The van der Waals surface area contributed by atoms with Gasteiger partial charge in [-0.1, -0.05) is 11.3 Å². The molecule has 0 atom stereocenters. The summed E-state index contributed by atoms with van der Waals surface area (Å²) in [5.41, 5.74) is 0. The van der Waals surface area contributed by atoms with Gasteiger partial charge in [0, 0.05) is 24.0 Å². The molecular weight excluding hydrogens is 166 g/mol. The van der Waals surface area contributed by atoms with Gasteiger partial charge in [0.15, 0.2) is 0 Å². The van der Waals surface area contributed by atoms with Gasteiger partial charge < -0.3 is 5.11 Å². The van der Waals surface area contributed by atoms with E-state index in [2.05, 4.69) is 0 Å². The molecule has 0 radical (unpaired) electrons. The molecule has 60 valence electrons. The predicted octanol–water partition coefficient (Wildman–Crippen LogP) is 1.19. The normalized spacial score (nSPS) is 9.91. The average Bonchev–Trinajstić information content (AvgIpc) is 2.37. The van der Waals surface area contributed by atoms with Gasteiger partial charge in [0.1, 0.15) is 0 Å². The second kappa shape index (κ2) is 3.45. The lowest BCUT2D eigenvalue weighted by atomic mass is 10.4. The van der Waals surface area contributed by atoms with Crippen LogP contribution in [-0.4, -0.2) is 16.6 Å². The Kier molecular flexibility index (Phi) is 2.56. The highest BCUT2D eigenvalue weighted by molar-refractivity contribution is 7.15. The molecular formula is C6H7NO3S. The first kappa shape index (κ1) is 8.16. The summed E-state index contributed by atoms with van der Waals surface area (Å²) >= 11 is 1.11. The molecule has 0 spiro atoms. The third-order valence-electron chi connectivity index (χ3n) is 1.19. The molecule has 4 nitrogen and oxygen atoms in total. The van der Waals surface area contributed by atoms with Crippen molar-refractivity contribution < 1.29 is 10.0 Å². The topological polar surface area (TPSA) is 63.4 Å². The van der Waals surface area contributed by atoms with Crippen molar-refractivity contribution in [3.63, 3.8) is 0 Å². The highest BCUT2D eigenvalue weighted by Crippen LogP contribution is 2.23. The van der Waals surface area contributed by atoms with Crippen LogP contribution >= 0.6 is 11.3 Å². The zero-order valence-corrected chi connectivity index (χ0v) is 6.50. The average molecular weight is 173 g/mol. The fraction of sp³-hybridized carbons (Fsp3) is 0.333. The fourth-order valence-corrected chi connectivity index (χ4v) is 1.52. The minimum Gasteiger partial charge on any atom is -0.396 e. The summed E-state index contributed by atoms with van der Waals surface area (Å²) in [7, 11) is 0. The van der Waals surface area contributed by atoms with Crippen molar-refractivity contribution in [2.45, 2.75) is 6.42 Å². The van der Waals surface area contributed by atoms with Crippen molar-refractivity contribution in [3.8, 4) is 0 Å². The number of aliphatic hydroxyl groups is 1.